The molecule has 0 rings (SSSR count). The fourth-order valence-electron chi connectivity index (χ4n) is 0.356. The molecule has 0 aromatic rings. The van der Waals surface area contributed by atoms with Crippen LogP contribution in [0.15, 0.2) is 0 Å². The first-order chi connectivity index (χ1) is 5.75. The van der Waals surface area contributed by atoms with Crippen LogP contribution in [-0.2, 0) is 0 Å². The summed E-state index contributed by atoms with van der Waals surface area (Å²) in [5, 5.41) is 0. The first-order valence-corrected chi connectivity index (χ1v) is 2.64. The molecule has 0 aromatic carbocycles. The maximum absolute atomic E-state index is 11.6. The van der Waals surface area contributed by atoms with Crippen molar-refractivity contribution >= 4 is 18.9 Å². The molecule has 0 bridgehead atoms. The smallest absolute Gasteiger partial charge is 0.189 e. The van der Waals surface area contributed by atoms with Gasteiger partial charge in [-0.05, 0) is 0 Å². The van der Waals surface area contributed by atoms with Gasteiger partial charge in [0.15, 0.2) is 0 Å². The van der Waals surface area contributed by atoms with Gasteiger partial charge in [-0.25, -0.2) is 0 Å². The van der Waals surface area contributed by atoms with Crippen LogP contribution in [0.1, 0.15) is 0 Å². The van der Waals surface area contributed by atoms with Crippen molar-refractivity contribution < 1.29 is 43.9 Å². The standard InChI is InChI=1S/C4F10.Li/c5-1(6,3(9,10)11)2(7,8)4(12,13)14;. The fraction of sp³-hybridized carbons (Fsp3) is 1.00. The van der Waals surface area contributed by atoms with Crippen LogP contribution < -0.4 is 0 Å². The van der Waals surface area contributed by atoms with Crippen LogP contribution in [0.3, 0.4) is 0 Å². The minimum atomic E-state index is -7.14. The average molecular weight is 245 g/mol. The third-order valence-corrected chi connectivity index (χ3v) is 1.11. The molecule has 0 fully saturated rings. The Morgan fingerprint density at radius 1 is 0.400 bits per heavy atom. The summed E-state index contributed by atoms with van der Waals surface area (Å²) in [5.41, 5.74) is 0. The average Bonchev–Trinajstić information content (AvgIpc) is 1.81. The van der Waals surface area contributed by atoms with Crippen LogP contribution >= 0.6 is 0 Å². The van der Waals surface area contributed by atoms with Gasteiger partial charge in [0.1, 0.15) is 0 Å². The first-order valence-electron chi connectivity index (χ1n) is 2.64. The minimum Gasteiger partial charge on any atom is -0.189 e. The maximum atomic E-state index is 11.6. The molecule has 0 N–H and O–H groups in total. The molecular formula is C4F10Li. The Hall–Kier alpha value is -0.103. The summed E-state index contributed by atoms with van der Waals surface area (Å²) in [6.07, 6.45) is -13.9. The molecule has 0 aliphatic rings. The second-order valence-electron chi connectivity index (χ2n) is 2.14. The summed E-state index contributed by atoms with van der Waals surface area (Å²) in [6, 6.07) is 0. The summed E-state index contributed by atoms with van der Waals surface area (Å²) >= 11 is 0. The molecule has 0 amide bonds. The quantitative estimate of drug-likeness (QED) is 0.492. The van der Waals surface area contributed by atoms with Crippen LogP contribution in [0.4, 0.5) is 43.9 Å². The van der Waals surface area contributed by atoms with Crippen molar-refractivity contribution in [3.63, 3.8) is 0 Å². The van der Waals surface area contributed by atoms with Crippen LogP contribution in [0.25, 0.3) is 0 Å². The van der Waals surface area contributed by atoms with Crippen molar-refractivity contribution in [2.75, 3.05) is 0 Å². The molecule has 87 valence electrons. The predicted molar refractivity (Wildman–Crippen MR) is 27.8 cm³/mol. The van der Waals surface area contributed by atoms with Crippen molar-refractivity contribution in [2.24, 2.45) is 0 Å². The molecule has 15 heavy (non-hydrogen) atoms. The Kier molecular flexibility index (Phi) is 4.67. The third kappa shape index (κ3) is 2.72. The monoisotopic (exact) mass is 245 g/mol. The van der Waals surface area contributed by atoms with E-state index < -0.39 is 24.2 Å². The second kappa shape index (κ2) is 4.05. The molecule has 0 aromatic heterocycles. The van der Waals surface area contributed by atoms with E-state index in [2.05, 4.69) is 0 Å². The van der Waals surface area contributed by atoms with Gasteiger partial charge in [0.25, 0.3) is 0 Å². The zero-order valence-electron chi connectivity index (χ0n) is 6.78. The van der Waals surface area contributed by atoms with Gasteiger partial charge >= 0.3 is 24.2 Å². The zero-order chi connectivity index (χ0) is 12.0. The van der Waals surface area contributed by atoms with E-state index in [9.17, 15) is 43.9 Å². The van der Waals surface area contributed by atoms with Crippen molar-refractivity contribution in [3.8, 4) is 0 Å². The topological polar surface area (TPSA) is 0 Å². The second-order valence-corrected chi connectivity index (χ2v) is 2.14. The zero-order valence-corrected chi connectivity index (χ0v) is 6.78. The molecule has 0 aliphatic carbocycles. The molecule has 0 saturated heterocycles. The van der Waals surface area contributed by atoms with Gasteiger partial charge in [-0.2, -0.15) is 43.9 Å². The van der Waals surface area contributed by atoms with Crippen molar-refractivity contribution in [3.05, 3.63) is 0 Å². The van der Waals surface area contributed by atoms with Crippen LogP contribution in [0.5, 0.6) is 0 Å². The van der Waals surface area contributed by atoms with Crippen LogP contribution in [0.2, 0.25) is 0 Å². The van der Waals surface area contributed by atoms with Gasteiger partial charge in [-0.1, -0.05) is 0 Å². The first kappa shape index (κ1) is 17.3. The third-order valence-electron chi connectivity index (χ3n) is 1.11. The number of halogens is 10. The number of alkyl halides is 10. The summed E-state index contributed by atoms with van der Waals surface area (Å²) in [5.74, 6) is -14.3. The Balaban J connectivity index is 0. The van der Waals surface area contributed by atoms with Crippen molar-refractivity contribution in [2.45, 2.75) is 24.2 Å². The van der Waals surface area contributed by atoms with E-state index in [1.807, 2.05) is 0 Å². The largest absolute Gasteiger partial charge is 0.460 e. The van der Waals surface area contributed by atoms with E-state index in [-0.39, 0.29) is 18.9 Å². The molecule has 11 heteroatoms. The fourth-order valence-corrected chi connectivity index (χ4v) is 0.356. The van der Waals surface area contributed by atoms with Gasteiger partial charge in [-0.3, -0.25) is 0 Å². The van der Waals surface area contributed by atoms with Crippen molar-refractivity contribution in [1.29, 1.82) is 0 Å². The Labute approximate surface area is 87.8 Å². The van der Waals surface area contributed by atoms with E-state index in [1.165, 1.54) is 0 Å². The summed E-state index contributed by atoms with van der Waals surface area (Å²) in [4.78, 5) is 0. The molecule has 0 heterocycles. The summed E-state index contributed by atoms with van der Waals surface area (Å²) in [7, 11) is 0. The molecule has 0 saturated carbocycles. The van der Waals surface area contributed by atoms with Gasteiger partial charge < -0.3 is 0 Å². The summed E-state index contributed by atoms with van der Waals surface area (Å²) < 4.78 is 113. The Morgan fingerprint density at radius 3 is 0.600 bits per heavy atom. The van der Waals surface area contributed by atoms with E-state index in [0.717, 1.165) is 0 Å². The molecular weight excluding hydrogens is 245 g/mol. The van der Waals surface area contributed by atoms with Crippen molar-refractivity contribution in [1.82, 2.24) is 0 Å². The van der Waals surface area contributed by atoms with E-state index >= 15 is 0 Å². The van der Waals surface area contributed by atoms with Gasteiger partial charge in [0.2, 0.25) is 0 Å². The molecule has 0 aliphatic heterocycles. The molecule has 0 atom stereocenters. The summed E-state index contributed by atoms with van der Waals surface area (Å²) in [6.45, 7) is 0. The Bertz CT molecular complexity index is 186. The normalized spacial score (nSPS) is 14.8. The SMILES string of the molecule is FC(F)(F)C(F)(F)C(F)(F)C(F)(F)F.[Li]. The van der Waals surface area contributed by atoms with Crippen LogP contribution in [0, 0.1) is 0 Å². The molecule has 0 nitrogen and oxygen atoms in total. The molecule has 1 radical (unpaired) electrons. The number of rotatable bonds is 1. The van der Waals surface area contributed by atoms with Gasteiger partial charge in [0, 0.05) is 18.9 Å². The van der Waals surface area contributed by atoms with Crippen LogP contribution in [-0.4, -0.2) is 43.1 Å². The number of hydrogen-bond acceptors (Lipinski definition) is 0. The molecule has 0 spiro atoms. The predicted octanol–water partition coefficient (Wildman–Crippen LogP) is 3.00. The minimum absolute atomic E-state index is 0. The number of hydrogen-bond donors (Lipinski definition) is 0. The maximum Gasteiger partial charge on any atom is 0.460 e. The Morgan fingerprint density at radius 2 is 0.533 bits per heavy atom. The van der Waals surface area contributed by atoms with Gasteiger partial charge in [-0.15, -0.1) is 0 Å². The van der Waals surface area contributed by atoms with E-state index in [0.29, 0.717) is 0 Å². The molecule has 0 unspecified atom stereocenters. The van der Waals surface area contributed by atoms with E-state index in [4.69, 9.17) is 0 Å². The van der Waals surface area contributed by atoms with E-state index in [1.54, 1.807) is 0 Å². The van der Waals surface area contributed by atoms with Gasteiger partial charge in [0.05, 0.1) is 0 Å².